The van der Waals surface area contributed by atoms with Crippen molar-refractivity contribution in [3.8, 4) is 0 Å². The van der Waals surface area contributed by atoms with Crippen LogP contribution in [-0.2, 0) is 14.3 Å². The van der Waals surface area contributed by atoms with Crippen molar-refractivity contribution in [1.82, 2.24) is 4.90 Å². The van der Waals surface area contributed by atoms with Crippen LogP contribution in [0, 0.1) is 5.41 Å². The number of rotatable bonds is 7. The van der Waals surface area contributed by atoms with E-state index < -0.39 is 5.97 Å². The van der Waals surface area contributed by atoms with Gasteiger partial charge in [-0.15, -0.1) is 0 Å². The first-order valence-electron chi connectivity index (χ1n) is 11.9. The number of carboxylic acids is 1. The molecule has 2 saturated heterocycles. The molecule has 34 heavy (non-hydrogen) atoms. The van der Waals surface area contributed by atoms with Gasteiger partial charge in [-0.05, 0) is 97.0 Å². The van der Waals surface area contributed by atoms with Crippen LogP contribution in [0.15, 0.2) is 57.5 Å². The molecule has 2 bridgehead atoms. The molecule has 2 aliphatic heterocycles. The second-order valence-corrected chi connectivity index (χ2v) is 10.1. The van der Waals surface area contributed by atoms with Crippen LogP contribution in [0.25, 0.3) is 0 Å². The summed E-state index contributed by atoms with van der Waals surface area (Å²) in [5.41, 5.74) is 3.26. The Hall–Kier alpha value is -2.58. The van der Waals surface area contributed by atoms with E-state index in [1.54, 1.807) is 24.3 Å². The number of hydrogen-bond donors (Lipinski definition) is 1. The standard InChI is InChI=1S/C26H29BrN2O5/c1-3-33-19-13-18-22(27)24(34-4-2)21(19)23(18)28-11-9-26(10-12-28)14-20(30)29(15-26)17-7-5-16(6-8-17)25(31)32/h5-8,13,23H,3-4,9-12,14-15H2,1-2H3,(H,31,32). The van der Waals surface area contributed by atoms with Crippen LogP contribution in [0.4, 0.5) is 5.69 Å². The number of piperidine rings is 1. The number of likely N-dealkylation sites (tertiary alicyclic amines) is 1. The smallest absolute Gasteiger partial charge is 0.335 e. The van der Waals surface area contributed by atoms with Crippen molar-refractivity contribution in [3.63, 3.8) is 0 Å². The zero-order valence-electron chi connectivity index (χ0n) is 19.5. The number of carbonyl (C=O) groups excluding carboxylic acids is 1. The Morgan fingerprint density at radius 1 is 1.15 bits per heavy atom. The number of amides is 1. The van der Waals surface area contributed by atoms with E-state index in [2.05, 4.69) is 26.9 Å². The van der Waals surface area contributed by atoms with Crippen LogP contribution in [0.5, 0.6) is 0 Å². The van der Waals surface area contributed by atoms with Crippen molar-refractivity contribution in [2.24, 2.45) is 5.41 Å². The van der Waals surface area contributed by atoms with Gasteiger partial charge in [-0.25, -0.2) is 4.79 Å². The Bertz CT molecular complexity index is 1110. The Morgan fingerprint density at radius 2 is 1.82 bits per heavy atom. The average Bonchev–Trinajstić information content (AvgIpc) is 3.43. The normalized spacial score (nSPS) is 23.9. The van der Waals surface area contributed by atoms with Gasteiger partial charge in [0.05, 0.1) is 34.9 Å². The molecule has 7 nitrogen and oxygen atoms in total. The van der Waals surface area contributed by atoms with Crippen molar-refractivity contribution in [1.29, 1.82) is 0 Å². The number of anilines is 1. The number of aromatic carboxylic acids is 1. The Morgan fingerprint density at radius 3 is 2.44 bits per heavy atom. The van der Waals surface area contributed by atoms with Gasteiger partial charge in [0.15, 0.2) is 0 Å². The maximum atomic E-state index is 12.9. The molecule has 2 aliphatic carbocycles. The maximum Gasteiger partial charge on any atom is 0.335 e. The fraction of sp³-hybridized carbons (Fsp3) is 0.462. The van der Waals surface area contributed by atoms with Gasteiger partial charge >= 0.3 is 5.97 Å². The number of ether oxygens (including phenoxy) is 2. The Balaban J connectivity index is 1.29. The lowest BCUT2D eigenvalue weighted by Crippen LogP contribution is -2.46. The fourth-order valence-electron chi connectivity index (χ4n) is 5.70. The molecule has 1 aromatic rings. The second kappa shape index (κ2) is 8.89. The molecular weight excluding hydrogens is 500 g/mol. The van der Waals surface area contributed by atoms with Gasteiger partial charge in [0.2, 0.25) is 5.91 Å². The summed E-state index contributed by atoms with van der Waals surface area (Å²) in [5.74, 6) is 0.946. The van der Waals surface area contributed by atoms with E-state index in [4.69, 9.17) is 14.6 Å². The maximum absolute atomic E-state index is 12.9. The van der Waals surface area contributed by atoms with Gasteiger partial charge in [-0.3, -0.25) is 9.69 Å². The Labute approximate surface area is 207 Å². The van der Waals surface area contributed by atoms with E-state index in [-0.39, 0.29) is 22.9 Å². The van der Waals surface area contributed by atoms with Crippen molar-refractivity contribution >= 4 is 33.5 Å². The third-order valence-corrected chi connectivity index (χ3v) is 8.19. The van der Waals surface area contributed by atoms with Gasteiger partial charge in [0.25, 0.3) is 0 Å². The summed E-state index contributed by atoms with van der Waals surface area (Å²) >= 11 is 3.75. The number of nitrogens with zero attached hydrogens (tertiary/aromatic N) is 2. The number of carboxylic acid groups (broad SMARTS) is 1. The molecule has 0 saturated carbocycles. The van der Waals surface area contributed by atoms with Crippen LogP contribution in [-0.4, -0.2) is 60.8 Å². The van der Waals surface area contributed by atoms with Crippen LogP contribution in [0.3, 0.4) is 0 Å². The summed E-state index contributed by atoms with van der Waals surface area (Å²) in [6.07, 6.45) is 4.53. The molecule has 1 N–H and O–H groups in total. The SMILES string of the molecule is CCOC1=C2C(OCC)=C(Br)C(=C1)C2N1CCC2(CC1)CC(=O)N(c1ccc(C(=O)O)cc1)C2. The third kappa shape index (κ3) is 3.77. The van der Waals surface area contributed by atoms with E-state index in [0.29, 0.717) is 26.2 Å². The molecule has 1 atom stereocenters. The Kier molecular flexibility index (Phi) is 6.06. The minimum absolute atomic E-state index is 0.0460. The molecule has 1 unspecified atom stereocenters. The molecule has 4 aliphatic rings. The zero-order chi connectivity index (χ0) is 24.0. The monoisotopic (exact) mass is 528 g/mol. The van der Waals surface area contributed by atoms with E-state index in [0.717, 1.165) is 53.2 Å². The number of fused-ring (bicyclic) bond motifs is 2. The molecule has 1 spiro atoms. The van der Waals surface area contributed by atoms with Crippen LogP contribution < -0.4 is 4.90 Å². The number of allylic oxidation sites excluding steroid dienone is 1. The van der Waals surface area contributed by atoms with E-state index in [1.807, 2.05) is 18.7 Å². The summed E-state index contributed by atoms with van der Waals surface area (Å²) in [6, 6.07) is 6.72. The molecule has 180 valence electrons. The van der Waals surface area contributed by atoms with Crippen LogP contribution in [0.1, 0.15) is 43.5 Å². The number of carbonyl (C=O) groups is 2. The van der Waals surface area contributed by atoms with Gasteiger partial charge in [0.1, 0.15) is 11.5 Å². The predicted molar refractivity (Wildman–Crippen MR) is 132 cm³/mol. The molecule has 0 aromatic heterocycles. The number of halogens is 1. The fourth-order valence-corrected chi connectivity index (χ4v) is 6.36. The lowest BCUT2D eigenvalue weighted by atomic mass is 9.77. The summed E-state index contributed by atoms with van der Waals surface area (Å²) in [4.78, 5) is 28.4. The summed E-state index contributed by atoms with van der Waals surface area (Å²) in [5, 5.41) is 9.14. The molecule has 2 fully saturated rings. The molecular formula is C26H29BrN2O5. The highest BCUT2D eigenvalue weighted by Crippen LogP contribution is 2.51. The molecule has 1 amide bonds. The highest BCUT2D eigenvalue weighted by atomic mass is 79.9. The zero-order valence-corrected chi connectivity index (χ0v) is 21.1. The molecule has 5 rings (SSSR count). The van der Waals surface area contributed by atoms with Gasteiger partial charge in [-0.1, -0.05) is 0 Å². The lowest BCUT2D eigenvalue weighted by Gasteiger charge is -2.41. The van der Waals surface area contributed by atoms with Gasteiger partial charge in [-0.2, -0.15) is 0 Å². The van der Waals surface area contributed by atoms with Gasteiger partial charge < -0.3 is 19.5 Å². The molecule has 8 heteroatoms. The van der Waals surface area contributed by atoms with Crippen molar-refractivity contribution in [3.05, 3.63) is 63.1 Å². The second-order valence-electron chi connectivity index (χ2n) is 9.33. The van der Waals surface area contributed by atoms with Crippen LogP contribution in [0.2, 0.25) is 0 Å². The highest BCUT2D eigenvalue weighted by Gasteiger charge is 2.50. The van der Waals surface area contributed by atoms with E-state index in [1.165, 1.54) is 5.57 Å². The summed E-state index contributed by atoms with van der Waals surface area (Å²) in [7, 11) is 0. The molecule has 1 aromatic carbocycles. The predicted octanol–water partition coefficient (Wildman–Crippen LogP) is 4.46. The molecule has 2 heterocycles. The minimum atomic E-state index is -0.963. The summed E-state index contributed by atoms with van der Waals surface area (Å²) < 4.78 is 12.9. The largest absolute Gasteiger partial charge is 0.493 e. The summed E-state index contributed by atoms with van der Waals surface area (Å²) in [6.45, 7) is 7.66. The molecule has 0 radical (unpaired) electrons. The lowest BCUT2D eigenvalue weighted by molar-refractivity contribution is -0.118. The number of benzene rings is 1. The van der Waals surface area contributed by atoms with Crippen LogP contribution >= 0.6 is 15.9 Å². The first-order valence-corrected chi connectivity index (χ1v) is 12.7. The average molecular weight is 529 g/mol. The van der Waals surface area contributed by atoms with E-state index >= 15 is 0 Å². The van der Waals surface area contributed by atoms with Crippen molar-refractivity contribution < 1.29 is 24.2 Å². The van der Waals surface area contributed by atoms with Crippen molar-refractivity contribution in [2.75, 3.05) is 37.7 Å². The topological polar surface area (TPSA) is 79.3 Å². The van der Waals surface area contributed by atoms with E-state index in [9.17, 15) is 9.59 Å². The number of hydrogen-bond acceptors (Lipinski definition) is 5. The third-order valence-electron chi connectivity index (χ3n) is 7.38. The minimum Gasteiger partial charge on any atom is -0.493 e. The first-order chi connectivity index (χ1) is 16.4. The highest BCUT2D eigenvalue weighted by molar-refractivity contribution is 9.12. The van der Waals surface area contributed by atoms with Crippen molar-refractivity contribution in [2.45, 2.75) is 39.2 Å². The van der Waals surface area contributed by atoms with Gasteiger partial charge in [0, 0.05) is 18.7 Å². The first kappa shape index (κ1) is 23.2. The quantitative estimate of drug-likeness (QED) is 0.562.